The summed E-state index contributed by atoms with van der Waals surface area (Å²) in [5.41, 5.74) is 2.95. The summed E-state index contributed by atoms with van der Waals surface area (Å²) in [5, 5.41) is 2.76. The van der Waals surface area contributed by atoms with Crippen molar-refractivity contribution in [1.29, 1.82) is 0 Å². The quantitative estimate of drug-likeness (QED) is 0.605. The molecule has 7 heteroatoms. The number of amides is 1. The first-order chi connectivity index (χ1) is 15.0. The maximum Gasteiger partial charge on any atom is 0.240 e. The van der Waals surface area contributed by atoms with Gasteiger partial charge in [0.15, 0.2) is 0 Å². The summed E-state index contributed by atoms with van der Waals surface area (Å²) < 4.78 is 27.8. The number of nitrogens with zero attached hydrogens (tertiary/aromatic N) is 1. The molecule has 2 N–H and O–H groups in total. The molecule has 3 rings (SSSR count). The summed E-state index contributed by atoms with van der Waals surface area (Å²) in [6.07, 6.45) is 6.95. The SMILES string of the molecule is CCCC(=O)Nc1ccc(S(=O)(=O)NCCc2ccc(N3CCCCCC3)cc2)cc1. The molecule has 1 saturated heterocycles. The van der Waals surface area contributed by atoms with Crippen LogP contribution in [0.4, 0.5) is 11.4 Å². The predicted molar refractivity (Wildman–Crippen MR) is 126 cm³/mol. The van der Waals surface area contributed by atoms with Crippen molar-refractivity contribution in [2.45, 2.75) is 56.8 Å². The summed E-state index contributed by atoms with van der Waals surface area (Å²) in [6.45, 7) is 4.49. The van der Waals surface area contributed by atoms with Crippen LogP contribution in [0, 0.1) is 0 Å². The number of rotatable bonds is 9. The van der Waals surface area contributed by atoms with Gasteiger partial charge in [-0.15, -0.1) is 0 Å². The highest BCUT2D eigenvalue weighted by Gasteiger charge is 2.14. The Labute approximate surface area is 186 Å². The van der Waals surface area contributed by atoms with E-state index in [4.69, 9.17) is 0 Å². The fourth-order valence-corrected chi connectivity index (χ4v) is 4.82. The van der Waals surface area contributed by atoms with Gasteiger partial charge < -0.3 is 10.2 Å². The molecule has 0 aromatic heterocycles. The molecule has 0 radical (unpaired) electrons. The molecule has 1 fully saturated rings. The number of hydrogen-bond donors (Lipinski definition) is 2. The van der Waals surface area contributed by atoms with Crippen LogP contribution in [0.1, 0.15) is 51.0 Å². The Balaban J connectivity index is 1.50. The summed E-state index contributed by atoms with van der Waals surface area (Å²) in [7, 11) is -3.59. The van der Waals surface area contributed by atoms with E-state index in [1.807, 2.05) is 6.92 Å². The average Bonchev–Trinajstić information content (AvgIpc) is 3.04. The molecule has 1 heterocycles. The van der Waals surface area contributed by atoms with Gasteiger partial charge in [0.05, 0.1) is 4.90 Å². The van der Waals surface area contributed by atoms with E-state index in [2.05, 4.69) is 39.2 Å². The van der Waals surface area contributed by atoms with E-state index in [0.717, 1.165) is 25.1 Å². The van der Waals surface area contributed by atoms with Gasteiger partial charge in [-0.1, -0.05) is 31.9 Å². The third-order valence-electron chi connectivity index (χ3n) is 5.54. The Morgan fingerprint density at radius 1 is 0.935 bits per heavy atom. The van der Waals surface area contributed by atoms with Crippen molar-refractivity contribution in [3.63, 3.8) is 0 Å². The van der Waals surface area contributed by atoms with Crippen molar-refractivity contribution >= 4 is 27.3 Å². The van der Waals surface area contributed by atoms with E-state index in [0.29, 0.717) is 25.1 Å². The van der Waals surface area contributed by atoms with E-state index >= 15 is 0 Å². The lowest BCUT2D eigenvalue weighted by atomic mass is 10.1. The van der Waals surface area contributed by atoms with Crippen LogP contribution in [0.5, 0.6) is 0 Å². The van der Waals surface area contributed by atoms with E-state index in [-0.39, 0.29) is 10.8 Å². The zero-order chi connectivity index (χ0) is 22.1. The van der Waals surface area contributed by atoms with Gasteiger partial charge in [-0.2, -0.15) is 0 Å². The molecule has 2 aromatic rings. The molecule has 1 amide bonds. The molecular weight excluding hydrogens is 410 g/mol. The Morgan fingerprint density at radius 2 is 1.58 bits per heavy atom. The first-order valence-electron chi connectivity index (χ1n) is 11.2. The monoisotopic (exact) mass is 443 g/mol. The van der Waals surface area contributed by atoms with E-state index in [9.17, 15) is 13.2 Å². The Kier molecular flexibility index (Phi) is 8.49. The molecule has 0 bridgehead atoms. The maximum absolute atomic E-state index is 12.5. The summed E-state index contributed by atoms with van der Waals surface area (Å²) in [6, 6.07) is 14.7. The minimum atomic E-state index is -3.59. The number of anilines is 2. The predicted octanol–water partition coefficient (Wildman–Crippen LogP) is 4.33. The Hall–Kier alpha value is -2.38. The van der Waals surface area contributed by atoms with E-state index in [1.165, 1.54) is 43.5 Å². The van der Waals surface area contributed by atoms with Crippen LogP contribution in [0.15, 0.2) is 53.4 Å². The normalized spacial score (nSPS) is 14.8. The molecule has 0 spiro atoms. The third-order valence-corrected chi connectivity index (χ3v) is 7.02. The molecular formula is C24H33N3O3S. The van der Waals surface area contributed by atoms with Crippen molar-refractivity contribution in [3.8, 4) is 0 Å². The number of benzene rings is 2. The van der Waals surface area contributed by atoms with Crippen molar-refractivity contribution < 1.29 is 13.2 Å². The van der Waals surface area contributed by atoms with Crippen LogP contribution in [0.3, 0.4) is 0 Å². The van der Waals surface area contributed by atoms with Crippen LogP contribution in [-0.2, 0) is 21.2 Å². The van der Waals surface area contributed by atoms with Gasteiger partial charge in [0.1, 0.15) is 0 Å². The lowest BCUT2D eigenvalue weighted by Crippen LogP contribution is -2.26. The third kappa shape index (κ3) is 7.08. The largest absolute Gasteiger partial charge is 0.372 e. The standard InChI is InChI=1S/C24H33N3O3S/c1-2-7-24(28)26-21-10-14-23(15-11-21)31(29,30)25-17-16-20-8-12-22(13-9-20)27-18-5-3-4-6-19-27/h8-15,25H,2-7,16-19H2,1H3,(H,26,28). The molecule has 168 valence electrons. The number of hydrogen-bond acceptors (Lipinski definition) is 4. The van der Waals surface area contributed by atoms with Gasteiger partial charge in [0.2, 0.25) is 15.9 Å². The van der Waals surface area contributed by atoms with Crippen molar-refractivity contribution in [1.82, 2.24) is 4.72 Å². The van der Waals surface area contributed by atoms with Gasteiger partial charge in [-0.3, -0.25) is 4.79 Å². The second kappa shape index (κ2) is 11.3. The number of sulfonamides is 1. The number of nitrogens with one attached hydrogen (secondary N) is 2. The lowest BCUT2D eigenvalue weighted by molar-refractivity contribution is -0.116. The second-order valence-electron chi connectivity index (χ2n) is 8.04. The summed E-state index contributed by atoms with van der Waals surface area (Å²) >= 11 is 0. The van der Waals surface area contributed by atoms with E-state index < -0.39 is 10.0 Å². The molecule has 0 unspecified atom stereocenters. The molecule has 0 atom stereocenters. The van der Waals surface area contributed by atoms with E-state index in [1.54, 1.807) is 12.1 Å². The van der Waals surface area contributed by atoms with Gasteiger partial charge in [0, 0.05) is 37.4 Å². The first-order valence-corrected chi connectivity index (χ1v) is 12.7. The Morgan fingerprint density at radius 3 is 2.19 bits per heavy atom. The second-order valence-corrected chi connectivity index (χ2v) is 9.80. The maximum atomic E-state index is 12.5. The van der Waals surface area contributed by atoms with Gasteiger partial charge >= 0.3 is 0 Å². The molecule has 31 heavy (non-hydrogen) atoms. The molecule has 6 nitrogen and oxygen atoms in total. The Bertz CT molecular complexity index is 933. The molecule has 1 aliphatic heterocycles. The average molecular weight is 444 g/mol. The fraction of sp³-hybridized carbons (Fsp3) is 0.458. The lowest BCUT2D eigenvalue weighted by Gasteiger charge is -2.22. The van der Waals surface area contributed by atoms with Crippen LogP contribution in [0.25, 0.3) is 0 Å². The van der Waals surface area contributed by atoms with Crippen molar-refractivity contribution in [3.05, 3.63) is 54.1 Å². The van der Waals surface area contributed by atoms with Crippen LogP contribution in [-0.4, -0.2) is 34.0 Å². The zero-order valence-electron chi connectivity index (χ0n) is 18.3. The van der Waals surface area contributed by atoms with Crippen LogP contribution in [0.2, 0.25) is 0 Å². The van der Waals surface area contributed by atoms with Crippen LogP contribution >= 0.6 is 0 Å². The summed E-state index contributed by atoms with van der Waals surface area (Å²) in [4.78, 5) is 14.3. The van der Waals surface area contributed by atoms with Gasteiger partial charge in [0.25, 0.3) is 0 Å². The van der Waals surface area contributed by atoms with Crippen molar-refractivity contribution in [2.24, 2.45) is 0 Å². The van der Waals surface area contributed by atoms with Gasteiger partial charge in [-0.05, 0) is 67.6 Å². The molecule has 2 aromatic carbocycles. The number of carbonyl (C=O) groups excluding carboxylic acids is 1. The highest BCUT2D eigenvalue weighted by atomic mass is 32.2. The molecule has 0 aliphatic carbocycles. The van der Waals surface area contributed by atoms with Gasteiger partial charge in [-0.25, -0.2) is 13.1 Å². The topological polar surface area (TPSA) is 78.5 Å². The smallest absolute Gasteiger partial charge is 0.240 e. The highest BCUT2D eigenvalue weighted by Crippen LogP contribution is 2.20. The minimum Gasteiger partial charge on any atom is -0.372 e. The summed E-state index contributed by atoms with van der Waals surface area (Å²) in [5.74, 6) is -0.0712. The first kappa shape index (κ1) is 23.3. The molecule has 1 aliphatic rings. The number of carbonyl (C=O) groups is 1. The van der Waals surface area contributed by atoms with Crippen molar-refractivity contribution in [2.75, 3.05) is 29.9 Å². The van der Waals surface area contributed by atoms with Crippen LogP contribution < -0.4 is 14.9 Å². The minimum absolute atomic E-state index is 0.0712. The molecule has 0 saturated carbocycles. The zero-order valence-corrected chi connectivity index (χ0v) is 19.1. The highest BCUT2D eigenvalue weighted by molar-refractivity contribution is 7.89. The fourth-order valence-electron chi connectivity index (χ4n) is 3.78.